The molecule has 0 radical (unpaired) electrons. The quantitative estimate of drug-likeness (QED) is 0.861. The van der Waals surface area contributed by atoms with Crippen molar-refractivity contribution in [2.75, 3.05) is 11.4 Å². The van der Waals surface area contributed by atoms with E-state index in [0.717, 1.165) is 5.56 Å². The number of anilines is 1. The van der Waals surface area contributed by atoms with Crippen LogP contribution in [-0.4, -0.2) is 35.4 Å². The summed E-state index contributed by atoms with van der Waals surface area (Å²) in [6.45, 7) is 7.09. The van der Waals surface area contributed by atoms with Gasteiger partial charge in [-0.3, -0.25) is 4.90 Å². The Morgan fingerprint density at radius 2 is 2.05 bits per heavy atom. The maximum Gasteiger partial charge on any atom is 0.415 e. The maximum atomic E-state index is 12.3. The van der Waals surface area contributed by atoms with Crippen LogP contribution in [-0.2, 0) is 9.53 Å². The van der Waals surface area contributed by atoms with Crippen LogP contribution in [0.25, 0.3) is 0 Å². The number of aliphatic carboxylic acids is 1. The molecule has 1 unspecified atom stereocenters. The molecular weight excluding hydrogens is 274 g/mol. The van der Waals surface area contributed by atoms with Crippen LogP contribution in [0.1, 0.15) is 26.3 Å². The summed E-state index contributed by atoms with van der Waals surface area (Å²) < 4.78 is 10.8. The average Bonchev–Trinajstić information content (AvgIpc) is 2.35. The topological polar surface area (TPSA) is 76.1 Å². The molecule has 1 aliphatic heterocycles. The number of nitrogens with zero attached hydrogens (tertiary/aromatic N) is 1. The second-order valence-corrected chi connectivity index (χ2v) is 6.01. The van der Waals surface area contributed by atoms with Crippen LogP contribution in [0, 0.1) is 6.92 Å². The summed E-state index contributed by atoms with van der Waals surface area (Å²) in [7, 11) is 0. The molecule has 0 saturated heterocycles. The number of hydrogen-bond acceptors (Lipinski definition) is 4. The number of carbonyl (C=O) groups is 2. The summed E-state index contributed by atoms with van der Waals surface area (Å²) in [6.07, 6.45) is -1.68. The van der Waals surface area contributed by atoms with Gasteiger partial charge >= 0.3 is 12.1 Å². The van der Waals surface area contributed by atoms with Crippen molar-refractivity contribution in [1.82, 2.24) is 0 Å². The third kappa shape index (κ3) is 3.45. The van der Waals surface area contributed by atoms with Gasteiger partial charge in [-0.25, -0.2) is 9.59 Å². The number of ether oxygens (including phenoxy) is 2. The van der Waals surface area contributed by atoms with Crippen molar-refractivity contribution in [3.8, 4) is 5.75 Å². The van der Waals surface area contributed by atoms with Crippen LogP contribution in [0.4, 0.5) is 10.5 Å². The van der Waals surface area contributed by atoms with Crippen LogP contribution in [0.5, 0.6) is 5.75 Å². The molecule has 1 aromatic rings. The van der Waals surface area contributed by atoms with Crippen LogP contribution >= 0.6 is 0 Å². The van der Waals surface area contributed by atoms with E-state index in [1.165, 1.54) is 4.90 Å². The third-order valence-electron chi connectivity index (χ3n) is 2.91. The van der Waals surface area contributed by atoms with E-state index in [9.17, 15) is 9.59 Å². The summed E-state index contributed by atoms with van der Waals surface area (Å²) in [5.74, 6) is -0.750. The lowest BCUT2D eigenvalue weighted by molar-refractivity contribution is -0.144. The highest BCUT2D eigenvalue weighted by atomic mass is 16.6. The molecule has 6 heteroatoms. The Morgan fingerprint density at radius 3 is 2.62 bits per heavy atom. The average molecular weight is 293 g/mol. The molecule has 1 aromatic carbocycles. The zero-order chi connectivity index (χ0) is 15.8. The minimum atomic E-state index is -1.12. The highest BCUT2D eigenvalue weighted by Crippen LogP contribution is 2.35. The molecular formula is C15H19NO5. The number of hydrogen-bond donors (Lipinski definition) is 1. The summed E-state index contributed by atoms with van der Waals surface area (Å²) in [5.41, 5.74) is 0.819. The molecule has 0 spiro atoms. The van der Waals surface area contributed by atoms with Crippen LogP contribution in [0.3, 0.4) is 0 Å². The largest absolute Gasteiger partial charge is 0.478 e. The number of amides is 1. The number of rotatable bonds is 1. The molecule has 1 N–H and O–H groups in total. The summed E-state index contributed by atoms with van der Waals surface area (Å²) in [6, 6.07) is 5.24. The van der Waals surface area contributed by atoms with Gasteiger partial charge in [0, 0.05) is 0 Å². The van der Waals surface area contributed by atoms with Gasteiger partial charge in [0.2, 0.25) is 6.10 Å². The molecule has 0 bridgehead atoms. The van der Waals surface area contributed by atoms with Gasteiger partial charge in [0.05, 0.1) is 12.2 Å². The molecule has 21 heavy (non-hydrogen) atoms. The van der Waals surface area contributed by atoms with Gasteiger partial charge in [0.25, 0.3) is 0 Å². The van der Waals surface area contributed by atoms with Crippen molar-refractivity contribution in [1.29, 1.82) is 0 Å². The normalized spacial score (nSPS) is 17.7. The molecule has 6 nitrogen and oxygen atoms in total. The molecule has 1 amide bonds. The Balaban J connectivity index is 2.37. The highest BCUT2D eigenvalue weighted by Gasteiger charge is 2.35. The second-order valence-electron chi connectivity index (χ2n) is 6.01. The van der Waals surface area contributed by atoms with E-state index in [4.69, 9.17) is 14.6 Å². The first-order chi connectivity index (χ1) is 9.67. The van der Waals surface area contributed by atoms with E-state index in [-0.39, 0.29) is 6.54 Å². The minimum Gasteiger partial charge on any atom is -0.478 e. The minimum absolute atomic E-state index is 0.0826. The zero-order valence-corrected chi connectivity index (χ0v) is 12.5. The van der Waals surface area contributed by atoms with Crippen LogP contribution in [0.2, 0.25) is 0 Å². The summed E-state index contributed by atoms with van der Waals surface area (Å²) in [5, 5.41) is 9.15. The number of carboxylic acid groups (broad SMARTS) is 1. The van der Waals surface area contributed by atoms with Gasteiger partial charge in [0.1, 0.15) is 11.4 Å². The van der Waals surface area contributed by atoms with E-state index >= 15 is 0 Å². The fourth-order valence-electron chi connectivity index (χ4n) is 2.01. The van der Waals surface area contributed by atoms with Crippen molar-refractivity contribution in [3.05, 3.63) is 23.8 Å². The van der Waals surface area contributed by atoms with E-state index in [2.05, 4.69) is 0 Å². The molecule has 1 heterocycles. The Kier molecular flexibility index (Phi) is 3.80. The molecule has 0 saturated carbocycles. The van der Waals surface area contributed by atoms with Crippen molar-refractivity contribution in [2.24, 2.45) is 0 Å². The van der Waals surface area contributed by atoms with Gasteiger partial charge in [-0.05, 0) is 45.4 Å². The van der Waals surface area contributed by atoms with E-state index in [1.807, 2.05) is 6.92 Å². The van der Waals surface area contributed by atoms with Crippen LogP contribution < -0.4 is 9.64 Å². The first-order valence-corrected chi connectivity index (χ1v) is 6.68. The fraction of sp³-hybridized carbons (Fsp3) is 0.467. The third-order valence-corrected chi connectivity index (χ3v) is 2.91. The van der Waals surface area contributed by atoms with Crippen molar-refractivity contribution in [3.63, 3.8) is 0 Å². The Labute approximate surface area is 123 Å². The standard InChI is InChI=1S/C15H19NO5/c1-9-5-6-11-10(7-9)16(8-12(20-11)13(17)18)14(19)21-15(2,3)4/h5-7,12H,8H2,1-4H3,(H,17,18). The molecule has 0 fully saturated rings. The smallest absolute Gasteiger partial charge is 0.415 e. The number of carbonyl (C=O) groups excluding carboxylic acids is 1. The molecule has 2 rings (SSSR count). The number of benzene rings is 1. The monoisotopic (exact) mass is 293 g/mol. The molecule has 114 valence electrons. The predicted octanol–water partition coefficient (Wildman–Crippen LogP) is 2.58. The van der Waals surface area contributed by atoms with Gasteiger partial charge < -0.3 is 14.6 Å². The lowest BCUT2D eigenvalue weighted by atomic mass is 10.1. The fourth-order valence-corrected chi connectivity index (χ4v) is 2.01. The SMILES string of the molecule is Cc1ccc2c(c1)N(C(=O)OC(C)(C)C)CC(C(=O)O)O2. The van der Waals surface area contributed by atoms with E-state index < -0.39 is 23.8 Å². The van der Waals surface area contributed by atoms with Gasteiger partial charge in [0.15, 0.2) is 0 Å². The predicted molar refractivity (Wildman–Crippen MR) is 76.8 cm³/mol. The Hall–Kier alpha value is -2.24. The summed E-state index contributed by atoms with van der Waals surface area (Å²) >= 11 is 0. The van der Waals surface area contributed by atoms with Crippen molar-refractivity contribution >= 4 is 17.7 Å². The number of carboxylic acids is 1. The van der Waals surface area contributed by atoms with E-state index in [1.54, 1.807) is 39.0 Å². The highest BCUT2D eigenvalue weighted by molar-refractivity contribution is 5.92. The maximum absolute atomic E-state index is 12.3. The zero-order valence-electron chi connectivity index (χ0n) is 12.5. The second kappa shape index (κ2) is 5.27. The summed E-state index contributed by atoms with van der Waals surface area (Å²) in [4.78, 5) is 24.8. The molecule has 0 aromatic heterocycles. The molecule has 1 atom stereocenters. The lowest BCUT2D eigenvalue weighted by Gasteiger charge is -2.34. The van der Waals surface area contributed by atoms with Gasteiger partial charge in [-0.1, -0.05) is 6.07 Å². The van der Waals surface area contributed by atoms with Crippen molar-refractivity contribution < 1.29 is 24.2 Å². The Morgan fingerprint density at radius 1 is 1.38 bits per heavy atom. The van der Waals surface area contributed by atoms with Gasteiger partial charge in [-0.2, -0.15) is 0 Å². The molecule has 0 aliphatic carbocycles. The lowest BCUT2D eigenvalue weighted by Crippen LogP contribution is -2.48. The number of fused-ring (bicyclic) bond motifs is 1. The Bertz CT molecular complexity index is 576. The first kappa shape index (κ1) is 15.2. The van der Waals surface area contributed by atoms with Crippen molar-refractivity contribution in [2.45, 2.75) is 39.4 Å². The molecule has 1 aliphatic rings. The van der Waals surface area contributed by atoms with Gasteiger partial charge in [-0.15, -0.1) is 0 Å². The van der Waals surface area contributed by atoms with Crippen LogP contribution in [0.15, 0.2) is 18.2 Å². The first-order valence-electron chi connectivity index (χ1n) is 6.68. The van der Waals surface area contributed by atoms with E-state index in [0.29, 0.717) is 11.4 Å². The number of aryl methyl sites for hydroxylation is 1.